The highest BCUT2D eigenvalue weighted by Gasteiger charge is 2.32. The highest BCUT2D eigenvalue weighted by molar-refractivity contribution is 5.90. The molecular formula is C24H25FN4O4. The van der Waals surface area contributed by atoms with Gasteiger partial charge in [-0.3, -0.25) is 9.69 Å². The van der Waals surface area contributed by atoms with Crippen LogP contribution in [0, 0.1) is 12.7 Å². The Morgan fingerprint density at radius 1 is 1.18 bits per heavy atom. The molecule has 1 aliphatic rings. The maximum absolute atomic E-state index is 14.9. The normalized spacial score (nSPS) is 15.5. The average molecular weight is 452 g/mol. The van der Waals surface area contributed by atoms with E-state index in [1.807, 2.05) is 37.3 Å². The Balaban J connectivity index is 1.37. The summed E-state index contributed by atoms with van der Waals surface area (Å²) in [6.07, 6.45) is -1.03. The lowest BCUT2D eigenvalue weighted by atomic mass is 10.0. The predicted octanol–water partition coefficient (Wildman–Crippen LogP) is 3.54. The summed E-state index contributed by atoms with van der Waals surface area (Å²) in [4.78, 5) is 24.6. The van der Waals surface area contributed by atoms with Crippen molar-refractivity contribution in [3.63, 3.8) is 0 Å². The molecule has 0 spiro atoms. The summed E-state index contributed by atoms with van der Waals surface area (Å²) >= 11 is 0. The van der Waals surface area contributed by atoms with Crippen LogP contribution in [0.4, 0.5) is 14.9 Å². The second kappa shape index (κ2) is 9.83. The number of aryl methyl sites for hydroxylation is 1. The number of ether oxygens (including phenoxy) is 1. The van der Waals surface area contributed by atoms with Crippen LogP contribution in [0.3, 0.4) is 0 Å². The topological polar surface area (TPSA) is 96.7 Å². The number of carbonyl (C=O) groups excluding carboxylic acids is 2. The number of carbonyl (C=O) groups is 2. The minimum absolute atomic E-state index is 0.202. The first kappa shape index (κ1) is 22.5. The van der Waals surface area contributed by atoms with E-state index in [0.717, 1.165) is 22.6 Å². The zero-order valence-electron chi connectivity index (χ0n) is 18.4. The molecule has 1 fully saturated rings. The smallest absolute Gasteiger partial charge is 0.414 e. The SMILES string of the molecule is CC(=O)NC[C@H]1CN(c2ccc(-c3ccc(CNCc4cc(C)on4)cc3)c(F)c2)C(=O)O1. The van der Waals surface area contributed by atoms with E-state index in [4.69, 9.17) is 9.26 Å². The van der Waals surface area contributed by atoms with E-state index in [-0.39, 0.29) is 19.0 Å². The van der Waals surface area contributed by atoms with Crippen molar-refractivity contribution in [2.75, 3.05) is 18.0 Å². The molecule has 4 rings (SSSR count). The maximum Gasteiger partial charge on any atom is 0.414 e. The van der Waals surface area contributed by atoms with Gasteiger partial charge < -0.3 is 19.9 Å². The van der Waals surface area contributed by atoms with Crippen LogP contribution in [0.25, 0.3) is 11.1 Å². The molecule has 1 atom stereocenters. The molecule has 2 heterocycles. The van der Waals surface area contributed by atoms with Crippen LogP contribution in [-0.4, -0.2) is 36.4 Å². The quantitative estimate of drug-likeness (QED) is 0.543. The van der Waals surface area contributed by atoms with E-state index in [0.29, 0.717) is 24.3 Å². The number of halogens is 1. The third-order valence-electron chi connectivity index (χ3n) is 5.29. The zero-order chi connectivity index (χ0) is 23.4. The van der Waals surface area contributed by atoms with Crippen LogP contribution in [0.2, 0.25) is 0 Å². The van der Waals surface area contributed by atoms with Crippen LogP contribution in [0.1, 0.15) is 23.9 Å². The van der Waals surface area contributed by atoms with Crippen molar-refractivity contribution in [2.24, 2.45) is 0 Å². The van der Waals surface area contributed by atoms with E-state index in [1.54, 1.807) is 12.1 Å². The molecule has 1 saturated heterocycles. The Labute approximate surface area is 190 Å². The van der Waals surface area contributed by atoms with Crippen molar-refractivity contribution in [3.05, 3.63) is 71.4 Å². The van der Waals surface area contributed by atoms with E-state index in [9.17, 15) is 14.0 Å². The monoisotopic (exact) mass is 452 g/mol. The number of anilines is 1. The van der Waals surface area contributed by atoms with Gasteiger partial charge in [0.05, 0.1) is 24.5 Å². The van der Waals surface area contributed by atoms with Gasteiger partial charge in [-0.05, 0) is 36.2 Å². The minimum Gasteiger partial charge on any atom is -0.442 e. The molecule has 1 aromatic heterocycles. The lowest BCUT2D eigenvalue weighted by Gasteiger charge is -2.15. The zero-order valence-corrected chi connectivity index (χ0v) is 18.4. The molecule has 0 radical (unpaired) electrons. The highest BCUT2D eigenvalue weighted by atomic mass is 19.1. The third-order valence-corrected chi connectivity index (χ3v) is 5.29. The van der Waals surface area contributed by atoms with Crippen molar-refractivity contribution in [1.29, 1.82) is 0 Å². The molecule has 172 valence electrons. The molecule has 0 unspecified atom stereocenters. The second-order valence-electron chi connectivity index (χ2n) is 7.95. The summed E-state index contributed by atoms with van der Waals surface area (Å²) in [6.45, 7) is 4.95. The lowest BCUT2D eigenvalue weighted by Crippen LogP contribution is -2.33. The van der Waals surface area contributed by atoms with Crippen LogP contribution >= 0.6 is 0 Å². The van der Waals surface area contributed by atoms with Gasteiger partial charge >= 0.3 is 6.09 Å². The number of nitrogens with one attached hydrogen (secondary N) is 2. The summed E-state index contributed by atoms with van der Waals surface area (Å²) in [7, 11) is 0. The second-order valence-corrected chi connectivity index (χ2v) is 7.95. The van der Waals surface area contributed by atoms with Gasteiger partial charge in [-0.1, -0.05) is 29.4 Å². The lowest BCUT2D eigenvalue weighted by molar-refractivity contribution is -0.119. The molecule has 1 aliphatic heterocycles. The van der Waals surface area contributed by atoms with Crippen LogP contribution < -0.4 is 15.5 Å². The van der Waals surface area contributed by atoms with Crippen molar-refractivity contribution in [2.45, 2.75) is 33.0 Å². The van der Waals surface area contributed by atoms with Gasteiger partial charge in [-0.2, -0.15) is 0 Å². The first-order chi connectivity index (χ1) is 15.9. The number of rotatable bonds is 8. The number of nitrogens with zero attached hydrogens (tertiary/aromatic N) is 2. The Hall–Kier alpha value is -3.72. The van der Waals surface area contributed by atoms with Crippen molar-refractivity contribution >= 4 is 17.7 Å². The standard InChI is InChI=1S/C24H25FN4O4/c1-15-9-19(28-33-15)12-26-11-17-3-5-18(6-4-17)22-8-7-20(10-23(22)25)29-14-21(32-24(29)31)13-27-16(2)30/h3-10,21,26H,11-14H2,1-2H3,(H,27,30)/t21-/m0/s1. The molecule has 0 bridgehead atoms. The van der Waals surface area contributed by atoms with Gasteiger partial charge in [-0.15, -0.1) is 0 Å². The van der Waals surface area contributed by atoms with E-state index in [2.05, 4.69) is 15.8 Å². The number of amides is 2. The van der Waals surface area contributed by atoms with Crippen LogP contribution in [0.5, 0.6) is 0 Å². The first-order valence-corrected chi connectivity index (χ1v) is 10.6. The van der Waals surface area contributed by atoms with Gasteiger partial charge in [0, 0.05) is 31.6 Å². The molecule has 0 aliphatic carbocycles. The highest BCUT2D eigenvalue weighted by Crippen LogP contribution is 2.29. The van der Waals surface area contributed by atoms with Gasteiger partial charge in [-0.25, -0.2) is 9.18 Å². The molecule has 2 N–H and O–H groups in total. The molecule has 9 heteroatoms. The molecular weight excluding hydrogens is 427 g/mol. The van der Waals surface area contributed by atoms with Crippen LogP contribution in [-0.2, 0) is 22.6 Å². The minimum atomic E-state index is -0.560. The Bertz CT molecular complexity index is 1150. The van der Waals surface area contributed by atoms with Gasteiger partial charge in [0.2, 0.25) is 5.91 Å². The average Bonchev–Trinajstić information content (AvgIpc) is 3.38. The molecule has 2 amide bonds. The summed E-state index contributed by atoms with van der Waals surface area (Å²) in [5.41, 5.74) is 3.49. The van der Waals surface area contributed by atoms with E-state index >= 15 is 0 Å². The number of hydrogen-bond acceptors (Lipinski definition) is 6. The van der Waals surface area contributed by atoms with Gasteiger partial charge in [0.25, 0.3) is 0 Å². The van der Waals surface area contributed by atoms with Crippen LogP contribution in [0.15, 0.2) is 53.1 Å². The Morgan fingerprint density at radius 2 is 1.97 bits per heavy atom. The number of hydrogen-bond donors (Lipinski definition) is 2. The fourth-order valence-electron chi connectivity index (χ4n) is 3.64. The maximum atomic E-state index is 14.9. The molecule has 0 saturated carbocycles. The Kier molecular flexibility index (Phi) is 6.69. The number of benzene rings is 2. The van der Waals surface area contributed by atoms with Crippen molar-refractivity contribution < 1.29 is 23.2 Å². The van der Waals surface area contributed by atoms with E-state index in [1.165, 1.54) is 17.9 Å². The molecule has 8 nitrogen and oxygen atoms in total. The number of cyclic esters (lactones) is 1. The summed E-state index contributed by atoms with van der Waals surface area (Å²) < 4.78 is 25.2. The predicted molar refractivity (Wildman–Crippen MR) is 120 cm³/mol. The summed E-state index contributed by atoms with van der Waals surface area (Å²) in [6, 6.07) is 14.2. The van der Waals surface area contributed by atoms with E-state index < -0.39 is 18.0 Å². The summed E-state index contributed by atoms with van der Waals surface area (Å²) in [5.74, 6) is 0.139. The van der Waals surface area contributed by atoms with Crippen molar-refractivity contribution in [3.8, 4) is 11.1 Å². The fourth-order valence-corrected chi connectivity index (χ4v) is 3.64. The fraction of sp³-hybridized carbons (Fsp3) is 0.292. The van der Waals surface area contributed by atoms with Gasteiger partial charge in [0.15, 0.2) is 0 Å². The first-order valence-electron chi connectivity index (χ1n) is 10.6. The summed E-state index contributed by atoms with van der Waals surface area (Å²) in [5, 5.41) is 9.86. The largest absolute Gasteiger partial charge is 0.442 e. The molecule has 3 aromatic rings. The number of aromatic nitrogens is 1. The Morgan fingerprint density at radius 3 is 2.64 bits per heavy atom. The molecule has 33 heavy (non-hydrogen) atoms. The van der Waals surface area contributed by atoms with Gasteiger partial charge in [0.1, 0.15) is 17.7 Å². The third kappa shape index (κ3) is 5.56. The molecule has 2 aromatic carbocycles. The van der Waals surface area contributed by atoms with Crippen molar-refractivity contribution in [1.82, 2.24) is 15.8 Å².